The van der Waals surface area contributed by atoms with Gasteiger partial charge in [-0.3, -0.25) is 4.98 Å². The Morgan fingerprint density at radius 2 is 2.09 bits per heavy atom. The summed E-state index contributed by atoms with van der Waals surface area (Å²) in [5.41, 5.74) is 3.46. The molecule has 4 heteroatoms. The fraction of sp³-hybridized carbons (Fsp3) is 0.222. The smallest absolute Gasteiger partial charge is 0.352 e. The molecule has 2 aromatic heterocycles. The Balaban J connectivity index is 2.25. The summed E-state index contributed by atoms with van der Waals surface area (Å²) in [6, 6.07) is 11.6. The minimum Gasteiger partial charge on any atom is -0.477 e. The van der Waals surface area contributed by atoms with Crippen molar-refractivity contribution >= 4 is 16.9 Å². The Morgan fingerprint density at radius 3 is 2.73 bits per heavy atom. The van der Waals surface area contributed by atoms with Crippen LogP contribution in [0.15, 0.2) is 48.8 Å². The Kier molecular flexibility index (Phi) is 3.67. The van der Waals surface area contributed by atoms with Crippen LogP contribution >= 0.6 is 0 Å². The van der Waals surface area contributed by atoms with Gasteiger partial charge in [0.1, 0.15) is 5.69 Å². The van der Waals surface area contributed by atoms with Crippen LogP contribution in [0.1, 0.15) is 41.4 Å². The van der Waals surface area contributed by atoms with Crippen LogP contribution in [0.3, 0.4) is 0 Å². The molecule has 3 rings (SSSR count). The monoisotopic (exact) mass is 294 g/mol. The Labute approximate surface area is 129 Å². The van der Waals surface area contributed by atoms with Crippen molar-refractivity contribution in [2.45, 2.75) is 26.3 Å². The first-order chi connectivity index (χ1) is 10.6. The summed E-state index contributed by atoms with van der Waals surface area (Å²) in [4.78, 5) is 15.7. The van der Waals surface area contributed by atoms with Crippen molar-refractivity contribution in [3.63, 3.8) is 0 Å². The molecule has 0 radical (unpaired) electrons. The molecule has 0 atom stereocenters. The van der Waals surface area contributed by atoms with Crippen LogP contribution in [0.25, 0.3) is 10.9 Å². The number of fused-ring (bicyclic) bond motifs is 1. The number of para-hydroxylation sites is 1. The third kappa shape index (κ3) is 2.48. The zero-order valence-corrected chi connectivity index (χ0v) is 12.7. The van der Waals surface area contributed by atoms with E-state index in [4.69, 9.17) is 0 Å². The third-order valence-electron chi connectivity index (χ3n) is 3.86. The highest BCUT2D eigenvalue weighted by Gasteiger charge is 2.18. The molecule has 0 saturated heterocycles. The minimum atomic E-state index is -0.908. The molecule has 0 bridgehead atoms. The summed E-state index contributed by atoms with van der Waals surface area (Å²) in [7, 11) is 0. The van der Waals surface area contributed by atoms with Crippen LogP contribution in [0.4, 0.5) is 0 Å². The molecule has 0 aliphatic carbocycles. The van der Waals surface area contributed by atoms with Crippen molar-refractivity contribution in [1.29, 1.82) is 0 Å². The molecule has 1 N–H and O–H groups in total. The molecule has 0 saturated carbocycles. The van der Waals surface area contributed by atoms with Gasteiger partial charge in [0.2, 0.25) is 0 Å². The van der Waals surface area contributed by atoms with E-state index in [1.165, 1.54) is 0 Å². The zero-order chi connectivity index (χ0) is 15.7. The average molecular weight is 294 g/mol. The summed E-state index contributed by atoms with van der Waals surface area (Å²) in [5, 5.41) is 10.5. The topological polar surface area (TPSA) is 55.1 Å². The van der Waals surface area contributed by atoms with E-state index < -0.39 is 5.97 Å². The first-order valence-electron chi connectivity index (χ1n) is 7.32. The maximum Gasteiger partial charge on any atom is 0.352 e. The van der Waals surface area contributed by atoms with Crippen molar-refractivity contribution in [2.75, 3.05) is 0 Å². The fourth-order valence-corrected chi connectivity index (χ4v) is 2.84. The standard InChI is InChI=1S/C18H18N2O2/c1-12(2)15-7-3-6-14-9-16(18(21)22)20(17(14)15)11-13-5-4-8-19-10-13/h3-10,12H,11H2,1-2H3,(H,21,22). The third-order valence-corrected chi connectivity index (χ3v) is 3.86. The highest BCUT2D eigenvalue weighted by atomic mass is 16.4. The molecular formula is C18H18N2O2. The van der Waals surface area contributed by atoms with Gasteiger partial charge in [0, 0.05) is 24.3 Å². The first-order valence-corrected chi connectivity index (χ1v) is 7.32. The first kappa shape index (κ1) is 14.3. The summed E-state index contributed by atoms with van der Waals surface area (Å²) in [5.74, 6) is -0.581. The average Bonchev–Trinajstić information content (AvgIpc) is 2.87. The molecule has 0 spiro atoms. The second-order valence-corrected chi connectivity index (χ2v) is 5.72. The lowest BCUT2D eigenvalue weighted by Crippen LogP contribution is -2.10. The van der Waals surface area contributed by atoms with E-state index in [1.54, 1.807) is 18.5 Å². The summed E-state index contributed by atoms with van der Waals surface area (Å²) in [6.07, 6.45) is 3.49. The van der Waals surface area contributed by atoms with Crippen molar-refractivity contribution in [3.05, 3.63) is 65.6 Å². The molecule has 0 aliphatic rings. The number of hydrogen-bond donors (Lipinski definition) is 1. The second-order valence-electron chi connectivity index (χ2n) is 5.72. The Morgan fingerprint density at radius 1 is 1.27 bits per heavy atom. The molecular weight excluding hydrogens is 276 g/mol. The van der Waals surface area contributed by atoms with E-state index in [0.29, 0.717) is 18.2 Å². The van der Waals surface area contributed by atoms with Gasteiger partial charge in [0.15, 0.2) is 0 Å². The van der Waals surface area contributed by atoms with E-state index in [0.717, 1.165) is 22.0 Å². The van der Waals surface area contributed by atoms with Gasteiger partial charge >= 0.3 is 5.97 Å². The van der Waals surface area contributed by atoms with Gasteiger partial charge in [-0.15, -0.1) is 0 Å². The van der Waals surface area contributed by atoms with Crippen LogP contribution in [0, 0.1) is 0 Å². The molecule has 0 amide bonds. The van der Waals surface area contributed by atoms with Crippen molar-refractivity contribution < 1.29 is 9.90 Å². The second kappa shape index (κ2) is 5.64. The van der Waals surface area contributed by atoms with Crippen LogP contribution in [0.2, 0.25) is 0 Å². The molecule has 4 nitrogen and oxygen atoms in total. The number of aromatic nitrogens is 2. The Bertz CT molecular complexity index is 820. The van der Waals surface area contributed by atoms with E-state index >= 15 is 0 Å². The van der Waals surface area contributed by atoms with Crippen LogP contribution in [-0.4, -0.2) is 20.6 Å². The van der Waals surface area contributed by atoms with Crippen molar-refractivity contribution in [3.8, 4) is 0 Å². The van der Waals surface area contributed by atoms with Crippen LogP contribution < -0.4 is 0 Å². The van der Waals surface area contributed by atoms with Gasteiger partial charge in [-0.05, 0) is 29.2 Å². The summed E-state index contributed by atoms with van der Waals surface area (Å²) < 4.78 is 1.88. The van der Waals surface area contributed by atoms with E-state index in [9.17, 15) is 9.90 Å². The molecule has 1 aromatic carbocycles. The van der Waals surface area contributed by atoms with Gasteiger partial charge in [0.25, 0.3) is 0 Å². The number of hydrogen-bond acceptors (Lipinski definition) is 2. The highest BCUT2D eigenvalue weighted by Crippen LogP contribution is 2.29. The number of aromatic carboxylic acids is 1. The van der Waals surface area contributed by atoms with Gasteiger partial charge in [-0.2, -0.15) is 0 Å². The summed E-state index contributed by atoms with van der Waals surface area (Å²) in [6.45, 7) is 4.75. The molecule has 0 unspecified atom stereocenters. The largest absolute Gasteiger partial charge is 0.477 e. The van der Waals surface area contributed by atoms with Gasteiger partial charge < -0.3 is 9.67 Å². The highest BCUT2D eigenvalue weighted by molar-refractivity contribution is 5.96. The van der Waals surface area contributed by atoms with Crippen molar-refractivity contribution in [2.24, 2.45) is 0 Å². The SMILES string of the molecule is CC(C)c1cccc2cc(C(=O)O)n(Cc3cccnc3)c12. The van der Waals surface area contributed by atoms with E-state index in [2.05, 4.69) is 24.9 Å². The number of benzene rings is 1. The number of pyridine rings is 1. The van der Waals surface area contributed by atoms with Gasteiger partial charge in [-0.25, -0.2) is 4.79 Å². The maximum atomic E-state index is 11.6. The Hall–Kier alpha value is -2.62. The molecule has 22 heavy (non-hydrogen) atoms. The van der Waals surface area contributed by atoms with Crippen LogP contribution in [-0.2, 0) is 6.54 Å². The van der Waals surface area contributed by atoms with Crippen molar-refractivity contribution in [1.82, 2.24) is 9.55 Å². The maximum absolute atomic E-state index is 11.6. The molecule has 0 fully saturated rings. The normalized spacial score (nSPS) is 11.2. The van der Waals surface area contributed by atoms with Gasteiger partial charge in [0.05, 0.1) is 5.52 Å². The predicted molar refractivity (Wildman–Crippen MR) is 86.3 cm³/mol. The van der Waals surface area contributed by atoms with Crippen LogP contribution in [0.5, 0.6) is 0 Å². The quantitative estimate of drug-likeness (QED) is 0.793. The fourth-order valence-electron chi connectivity index (χ4n) is 2.84. The van der Waals surface area contributed by atoms with Gasteiger partial charge in [-0.1, -0.05) is 38.1 Å². The molecule has 0 aliphatic heterocycles. The lowest BCUT2D eigenvalue weighted by molar-refractivity contribution is 0.0686. The number of carboxylic acid groups (broad SMARTS) is 1. The number of rotatable bonds is 4. The number of nitrogens with zero attached hydrogens (tertiary/aromatic N) is 2. The summed E-state index contributed by atoms with van der Waals surface area (Å²) >= 11 is 0. The minimum absolute atomic E-state index is 0.312. The molecule has 112 valence electrons. The van der Waals surface area contributed by atoms with E-state index in [1.807, 2.05) is 28.8 Å². The lowest BCUT2D eigenvalue weighted by Gasteiger charge is -2.13. The van der Waals surface area contributed by atoms with E-state index in [-0.39, 0.29) is 0 Å². The number of carbonyl (C=O) groups is 1. The number of carboxylic acids is 1. The zero-order valence-electron chi connectivity index (χ0n) is 12.7. The molecule has 3 aromatic rings. The lowest BCUT2D eigenvalue weighted by atomic mass is 10.0. The predicted octanol–water partition coefficient (Wildman–Crippen LogP) is 3.91. The molecule has 2 heterocycles.